The number of aliphatic hydroxyl groups excluding tert-OH is 1. The highest BCUT2D eigenvalue weighted by Crippen LogP contribution is 2.52. The number of rotatable bonds is 29. The van der Waals surface area contributed by atoms with E-state index in [1.807, 2.05) is 30.3 Å². The van der Waals surface area contributed by atoms with E-state index < -0.39 is 4.92 Å². The minimum atomic E-state index is -0.399. The van der Waals surface area contributed by atoms with Crippen LogP contribution in [0.25, 0.3) is 32.3 Å². The maximum absolute atomic E-state index is 13.3. The molecule has 0 bridgehead atoms. The van der Waals surface area contributed by atoms with Gasteiger partial charge in [-0.2, -0.15) is 0 Å². The fourth-order valence-electron chi connectivity index (χ4n) is 6.80. The fourth-order valence-corrected chi connectivity index (χ4v) is 6.80. The second kappa shape index (κ2) is 23.7. The molecule has 0 radical (unpaired) electrons. The highest BCUT2D eigenvalue weighted by Gasteiger charge is 2.30. The number of hydrogen-bond acceptors (Lipinski definition) is 9. The fraction of sp³-hybridized carbons (Fsp3) is 0.600. The predicted octanol–water partition coefficient (Wildman–Crippen LogP) is 12.3. The van der Waals surface area contributed by atoms with E-state index in [2.05, 4.69) is 34.6 Å². The SMILES string of the molecule is CCCCCOc1cc2c3cc(OCCCCC)c(OCCCCC)cc3c3c([N+](=O)[O-])c(OCCO)c(OCCCCC)cc3c2cc1OCCCCC. The number of nitro benzene ring substituents is 1. The van der Waals surface area contributed by atoms with Gasteiger partial charge in [0.05, 0.1) is 50.0 Å². The van der Waals surface area contributed by atoms with Gasteiger partial charge in [0, 0.05) is 10.8 Å². The van der Waals surface area contributed by atoms with Crippen molar-refractivity contribution in [2.45, 2.75) is 131 Å². The standard InChI is InChI=1S/C45H65NO9/c1-6-11-16-22-50-38-28-33-34-29-40(52-24-18-13-8-3)41(53-25-19-14-9-4)31-36(34)43-37(35(33)30-39(38)51-23-17-12-7-2)32-42(54-26-20-15-10-5)45(55-27-21-47)44(43)46(48)49/h28-32,47H,6-27H2,1-5H3. The molecule has 4 rings (SSSR count). The summed E-state index contributed by atoms with van der Waals surface area (Å²) in [6.45, 7) is 12.8. The first-order chi connectivity index (χ1) is 26.9. The molecule has 0 aromatic heterocycles. The molecular weight excluding hydrogens is 698 g/mol. The van der Waals surface area contributed by atoms with Crippen LogP contribution in [-0.4, -0.2) is 56.3 Å². The molecule has 0 saturated heterocycles. The van der Waals surface area contributed by atoms with Crippen molar-refractivity contribution in [1.29, 1.82) is 0 Å². The number of aliphatic hydroxyl groups is 1. The zero-order chi connectivity index (χ0) is 39.4. The van der Waals surface area contributed by atoms with E-state index in [1.54, 1.807) is 0 Å². The van der Waals surface area contributed by atoms with Crippen LogP contribution < -0.4 is 28.4 Å². The monoisotopic (exact) mass is 763 g/mol. The van der Waals surface area contributed by atoms with Crippen LogP contribution in [0.15, 0.2) is 30.3 Å². The second-order valence-electron chi connectivity index (χ2n) is 14.3. The summed E-state index contributed by atoms with van der Waals surface area (Å²) in [6.07, 6.45) is 14.8. The van der Waals surface area contributed by atoms with Crippen LogP contribution in [0.2, 0.25) is 0 Å². The van der Waals surface area contributed by atoms with Gasteiger partial charge >= 0.3 is 5.69 Å². The zero-order valence-corrected chi connectivity index (χ0v) is 34.1. The number of ether oxygens (including phenoxy) is 6. The summed E-state index contributed by atoms with van der Waals surface area (Å²) in [6, 6.07) is 9.69. The topological polar surface area (TPSA) is 119 Å². The van der Waals surface area contributed by atoms with Gasteiger partial charge in [-0.15, -0.1) is 0 Å². The van der Waals surface area contributed by atoms with Gasteiger partial charge < -0.3 is 33.5 Å². The molecule has 0 atom stereocenters. The Balaban J connectivity index is 2.13. The van der Waals surface area contributed by atoms with Crippen molar-refractivity contribution in [3.05, 3.63) is 40.4 Å². The van der Waals surface area contributed by atoms with E-state index in [4.69, 9.17) is 28.4 Å². The largest absolute Gasteiger partial charge is 0.490 e. The Hall–Kier alpha value is -4.18. The third-order valence-corrected chi connectivity index (χ3v) is 9.79. The highest BCUT2D eigenvalue weighted by molar-refractivity contribution is 6.29. The van der Waals surface area contributed by atoms with E-state index in [-0.39, 0.29) is 30.4 Å². The van der Waals surface area contributed by atoms with E-state index >= 15 is 0 Å². The van der Waals surface area contributed by atoms with E-state index in [9.17, 15) is 15.2 Å². The average Bonchev–Trinajstić information content (AvgIpc) is 3.19. The lowest BCUT2D eigenvalue weighted by Gasteiger charge is -2.21. The summed E-state index contributed by atoms with van der Waals surface area (Å²) < 4.78 is 38.0. The highest BCUT2D eigenvalue weighted by atomic mass is 16.6. The van der Waals surface area contributed by atoms with Crippen LogP contribution in [0.1, 0.15) is 131 Å². The molecule has 1 N–H and O–H groups in total. The van der Waals surface area contributed by atoms with E-state index in [0.717, 1.165) is 112 Å². The van der Waals surface area contributed by atoms with E-state index in [1.165, 1.54) is 0 Å². The van der Waals surface area contributed by atoms with Crippen molar-refractivity contribution >= 4 is 38.0 Å². The smallest absolute Gasteiger partial charge is 0.323 e. The summed E-state index contributed by atoms with van der Waals surface area (Å²) >= 11 is 0. The first-order valence-electron chi connectivity index (χ1n) is 21.0. The maximum Gasteiger partial charge on any atom is 0.323 e. The number of benzene rings is 4. The van der Waals surface area contributed by atoms with Crippen molar-refractivity contribution in [1.82, 2.24) is 0 Å². The molecule has 0 saturated carbocycles. The Bertz CT molecular complexity index is 1740. The van der Waals surface area contributed by atoms with Crippen molar-refractivity contribution in [3.8, 4) is 34.5 Å². The Morgan fingerprint density at radius 1 is 0.455 bits per heavy atom. The molecule has 0 aliphatic rings. The number of unbranched alkanes of at least 4 members (excludes halogenated alkanes) is 10. The molecule has 10 heteroatoms. The molecule has 0 spiro atoms. The van der Waals surface area contributed by atoms with Crippen molar-refractivity contribution in [2.24, 2.45) is 0 Å². The summed E-state index contributed by atoms with van der Waals surface area (Å²) in [5, 5.41) is 27.1. The minimum Gasteiger partial charge on any atom is -0.490 e. The zero-order valence-electron chi connectivity index (χ0n) is 34.1. The molecule has 0 aliphatic carbocycles. The van der Waals surface area contributed by atoms with Crippen LogP contribution in [0.5, 0.6) is 34.5 Å². The minimum absolute atomic E-state index is 0.000853. The Labute approximate surface area is 327 Å². The van der Waals surface area contributed by atoms with Crippen LogP contribution in [0, 0.1) is 10.1 Å². The number of hydrogen-bond donors (Lipinski definition) is 1. The van der Waals surface area contributed by atoms with Crippen molar-refractivity contribution in [3.63, 3.8) is 0 Å². The molecular formula is C45H65NO9. The van der Waals surface area contributed by atoms with Gasteiger partial charge in [-0.1, -0.05) is 98.8 Å². The van der Waals surface area contributed by atoms with Crippen LogP contribution in [0.4, 0.5) is 5.69 Å². The van der Waals surface area contributed by atoms with Gasteiger partial charge in [-0.25, -0.2) is 0 Å². The first-order valence-corrected chi connectivity index (χ1v) is 21.0. The van der Waals surface area contributed by atoms with Gasteiger partial charge in [-0.05, 0) is 78.6 Å². The summed E-state index contributed by atoms with van der Waals surface area (Å²) in [4.78, 5) is 12.9. The Kier molecular flexibility index (Phi) is 18.7. The Morgan fingerprint density at radius 3 is 1.09 bits per heavy atom. The molecule has 10 nitrogen and oxygen atoms in total. The molecule has 0 amide bonds. The molecule has 0 heterocycles. The molecule has 4 aromatic carbocycles. The number of nitrogens with zero attached hydrogens (tertiary/aromatic N) is 1. The molecule has 4 aromatic rings. The molecule has 0 fully saturated rings. The lowest BCUT2D eigenvalue weighted by molar-refractivity contribution is -0.384. The normalized spacial score (nSPS) is 11.4. The third kappa shape index (κ3) is 11.9. The van der Waals surface area contributed by atoms with Gasteiger partial charge in [0.15, 0.2) is 28.7 Å². The summed E-state index contributed by atoms with van der Waals surface area (Å²) in [5.41, 5.74) is -0.220. The van der Waals surface area contributed by atoms with Gasteiger partial charge in [0.2, 0.25) is 5.75 Å². The lowest BCUT2D eigenvalue weighted by Crippen LogP contribution is -2.08. The quantitative estimate of drug-likeness (QED) is 0.0249. The first kappa shape index (κ1) is 43.5. The third-order valence-electron chi connectivity index (χ3n) is 9.79. The number of fused-ring (bicyclic) bond motifs is 6. The van der Waals surface area contributed by atoms with Crippen LogP contribution in [0.3, 0.4) is 0 Å². The van der Waals surface area contributed by atoms with Gasteiger partial charge in [-0.3, -0.25) is 10.1 Å². The maximum atomic E-state index is 13.3. The Morgan fingerprint density at radius 2 is 0.764 bits per heavy atom. The second-order valence-corrected chi connectivity index (χ2v) is 14.3. The van der Waals surface area contributed by atoms with Crippen molar-refractivity contribution in [2.75, 3.05) is 46.2 Å². The predicted molar refractivity (Wildman–Crippen MR) is 223 cm³/mol. The van der Waals surface area contributed by atoms with Gasteiger partial charge in [0.25, 0.3) is 0 Å². The molecule has 55 heavy (non-hydrogen) atoms. The van der Waals surface area contributed by atoms with E-state index in [0.29, 0.717) is 72.2 Å². The van der Waals surface area contributed by atoms with Gasteiger partial charge in [0.1, 0.15) is 6.61 Å². The molecule has 304 valence electrons. The lowest BCUT2D eigenvalue weighted by atomic mass is 9.92. The number of nitro groups is 1. The molecule has 0 aliphatic heterocycles. The van der Waals surface area contributed by atoms with Crippen molar-refractivity contribution < 1.29 is 38.5 Å². The summed E-state index contributed by atoms with van der Waals surface area (Å²) in [7, 11) is 0. The summed E-state index contributed by atoms with van der Waals surface area (Å²) in [5.74, 6) is 2.64. The molecule has 0 unspecified atom stereocenters. The average molecular weight is 764 g/mol. The van der Waals surface area contributed by atoms with Crippen LogP contribution >= 0.6 is 0 Å². The van der Waals surface area contributed by atoms with Crippen LogP contribution in [-0.2, 0) is 0 Å².